The Bertz CT molecular complexity index is 5830. The molecule has 0 aliphatic carbocycles. The maximum absolute atomic E-state index is 13.4. The van der Waals surface area contributed by atoms with Crippen LogP contribution in [-0.2, 0) is 72.7 Å². The molecule has 0 aromatic carbocycles. The summed E-state index contributed by atoms with van der Waals surface area (Å²) in [6.07, 6.45) is 13.0. The van der Waals surface area contributed by atoms with E-state index in [0.29, 0.717) is 63.2 Å². The Hall–Kier alpha value is -7.80. The summed E-state index contributed by atoms with van der Waals surface area (Å²) in [6, 6.07) is 5.86. The molecule has 0 amide bonds. The Morgan fingerprint density at radius 2 is 0.553 bits per heavy atom. The Kier molecular flexibility index (Phi) is 93.6. The third-order valence-electron chi connectivity index (χ3n) is 13.0. The van der Waals surface area contributed by atoms with E-state index in [1.165, 1.54) is 19.8 Å². The van der Waals surface area contributed by atoms with E-state index >= 15 is 0 Å². The third-order valence-corrected chi connectivity index (χ3v) is 36.9. The lowest BCUT2D eigenvalue weighted by atomic mass is 10.3. The summed E-state index contributed by atoms with van der Waals surface area (Å²) in [7, 11) is -17.5. The van der Waals surface area contributed by atoms with Crippen LogP contribution in [0.4, 0.5) is 0 Å². The Balaban J connectivity index is -0.000000249. The number of nitrogens with zero attached hydrogens (tertiary/aromatic N) is 3. The van der Waals surface area contributed by atoms with Crippen molar-refractivity contribution in [1.29, 1.82) is 0 Å². The standard InChI is InChI=1S/C31H32NO5P2.C24H17NO6P2.C20H11N.C11H25BrO5P2.C7H18O4P2.C3H6Br2.2BrH/c1-8-12-13-14-15-16-17-18-19-20-21-22-23-24-25-26-29-32(5,6)30-27-28-31(38(7,33)35-9-2)39(34,36-10-3)37-11-4;1-4-5-6-7-8-9-10-11-12-13-14-15-16-17-18-19-22-25(2,3)23-20-21-24(32(26,27)28)33(29,30)31;1-4-5-6-7-8-9-10-11-12-13-14-15-16-17-18-19-20-21(2)3;1-5-15-18(4,13)11(9-8-10-12)19(14,16-6-2)17-7-3;1-5-10-13(9,11-6-2)7-12(3,4)8;4-2-1-3-5;;/h1,31H,9-11,27-28,30H2,2-7H3;1,24H,20-21,23H2,2-3H3,(H3-,26,27,28,29,30,31);20H2,1-3H3;11H,5-10H2,1-4H3;5-7H2,1-4H3;1-3H2;2*1H/q+1;;;;;;;/p-1. The first-order valence-corrected chi connectivity index (χ1v) is 57.7. The minimum atomic E-state index is -4.92. The predicted molar refractivity (Wildman–Crippen MR) is 539 cm³/mol. The highest BCUT2D eigenvalue weighted by atomic mass is 79.9. The fraction of sp³-hybridized carbons (Fsp3) is 0.458. The highest BCUT2D eigenvalue weighted by Crippen LogP contribution is 2.71. The van der Waals surface area contributed by atoms with Gasteiger partial charge in [-0.25, -0.2) is 0 Å². The molecule has 0 radical (unpaired) electrons. The minimum absolute atomic E-state index is 0. The summed E-state index contributed by atoms with van der Waals surface area (Å²) >= 11 is 9.89. The molecule has 23 nitrogen and oxygen atoms in total. The van der Waals surface area contributed by atoms with Gasteiger partial charge in [-0.3, -0.25) is 45.8 Å². The van der Waals surface area contributed by atoms with E-state index in [0.717, 1.165) is 22.4 Å². The van der Waals surface area contributed by atoms with Crippen LogP contribution in [0, 0.1) is 309 Å². The van der Waals surface area contributed by atoms with Crippen LogP contribution in [0.3, 0.4) is 0 Å². The van der Waals surface area contributed by atoms with Crippen LogP contribution in [0.2, 0.25) is 0 Å². The fourth-order valence-electron chi connectivity index (χ4n) is 8.27. The largest absolute Gasteiger partial charge is 1.00 e. The molecule has 0 aromatic heterocycles. The zero-order chi connectivity index (χ0) is 99.9. The van der Waals surface area contributed by atoms with Crippen molar-refractivity contribution < 1.29 is 135 Å². The first-order valence-electron chi connectivity index (χ1n) is 38.9. The van der Waals surface area contributed by atoms with E-state index in [2.05, 4.69) is 344 Å². The smallest absolute Gasteiger partial charge is 0.343 e. The summed E-state index contributed by atoms with van der Waals surface area (Å²) in [4.78, 5) is 38.4. The lowest BCUT2D eigenvalue weighted by molar-refractivity contribution is -0.822. The van der Waals surface area contributed by atoms with Crippen molar-refractivity contribution in [2.45, 2.75) is 123 Å². The van der Waals surface area contributed by atoms with Crippen molar-refractivity contribution in [3.05, 3.63) is 0 Å². The lowest BCUT2D eigenvalue weighted by Crippen LogP contribution is -3.00. The van der Waals surface area contributed by atoms with Gasteiger partial charge in [0, 0.05) is 112 Å². The molecule has 0 saturated carbocycles. The first kappa shape index (κ1) is 140. The van der Waals surface area contributed by atoms with Gasteiger partial charge in [0.05, 0.1) is 120 Å². The summed E-state index contributed by atoms with van der Waals surface area (Å²) in [6.45, 7) is 25.4. The van der Waals surface area contributed by atoms with E-state index in [9.17, 15) is 36.5 Å². The van der Waals surface area contributed by atoms with Gasteiger partial charge >= 0.3 is 38.0 Å². The van der Waals surface area contributed by atoms with Crippen molar-refractivity contribution in [2.75, 3.05) is 163 Å². The van der Waals surface area contributed by atoms with Gasteiger partial charge in [0.25, 0.3) is 0 Å². The van der Waals surface area contributed by atoms with Crippen molar-refractivity contribution in [3.63, 3.8) is 0 Å². The Morgan fingerprint density at radius 1 is 0.326 bits per heavy atom. The molecule has 0 saturated heterocycles. The predicted octanol–water partition coefficient (Wildman–Crippen LogP) is 8.44. The third kappa shape index (κ3) is 88.8. The molecule has 36 heteroatoms. The summed E-state index contributed by atoms with van der Waals surface area (Å²) in [5, 5.41) is -0.598. The summed E-state index contributed by atoms with van der Waals surface area (Å²) in [5.74, 6) is 120. The number of alkyl halides is 3. The van der Waals surface area contributed by atoms with E-state index in [-0.39, 0.29) is 90.2 Å². The second-order valence-corrected chi connectivity index (χ2v) is 48.6. The molecule has 4 N–H and O–H groups in total. The van der Waals surface area contributed by atoms with E-state index in [1.54, 1.807) is 89.7 Å². The first-order chi connectivity index (χ1) is 61.4. The maximum Gasteiger partial charge on any atom is 0.343 e. The topological polar surface area (TPSA) is 295 Å². The number of terminal acetylenes is 2. The van der Waals surface area contributed by atoms with Gasteiger partial charge < -0.3 is 94.3 Å². The zero-order valence-electron chi connectivity index (χ0n) is 77.6. The minimum Gasteiger partial charge on any atom is -1.00 e. The number of halogens is 5. The molecule has 0 heterocycles. The molecule has 0 rings (SSSR count). The van der Waals surface area contributed by atoms with Gasteiger partial charge in [-0.15, -0.1) is 12.8 Å². The van der Waals surface area contributed by atoms with Crippen LogP contribution < -0.4 is 34.0 Å². The molecule has 0 bridgehead atoms. The van der Waals surface area contributed by atoms with Crippen LogP contribution in [0.1, 0.15) is 107 Å². The van der Waals surface area contributed by atoms with Crippen molar-refractivity contribution in [2.24, 2.45) is 0 Å². The van der Waals surface area contributed by atoms with Crippen molar-refractivity contribution in [3.8, 4) is 309 Å². The van der Waals surface area contributed by atoms with Crippen molar-refractivity contribution in [1.82, 2.24) is 4.90 Å². The van der Waals surface area contributed by atoms with Crippen LogP contribution in [0.25, 0.3) is 0 Å². The number of quaternary nitrogens is 2. The lowest BCUT2D eigenvalue weighted by Gasteiger charge is -2.31. The van der Waals surface area contributed by atoms with Gasteiger partial charge in [-0.2, -0.15) is 0 Å². The average molecular weight is 2270 g/mol. The highest BCUT2D eigenvalue weighted by molar-refractivity contribution is 9.09. The molecule has 0 spiro atoms. The number of hydrogen-bond donors (Lipinski definition) is 4. The normalized spacial score (nSPS) is 10.6. The molecular weight excluding hydrogens is 2160 g/mol. The second kappa shape index (κ2) is 88.5. The SMILES string of the molecule is BrCCCBr.C#CC#CC#CC#CC#CC#CC#CC#CC#C[N+](C)(C)CCCC(P(=O)(O)O)P(=O)(O)O.C#CC#CC#CC#CC#CC#CC#CC#CC#C[N+](C)(C)CCCC(P(C)(=O)OCC)P(=O)(OCC)OCC.CC#CC#CC#CC#CC#CC#CC#CC#CCN(C)C.CCOP(=O)(CP(C)(C)=O)OCC.CCOP(C)(=O)C(CCCBr)P(=O)(OCC)OCC.[Br-].[Br-]. The van der Waals surface area contributed by atoms with E-state index in [4.69, 9.17) is 68.6 Å². The van der Waals surface area contributed by atoms with Gasteiger partial charge in [0.2, 0.25) is 14.7 Å². The van der Waals surface area contributed by atoms with E-state index in [1.807, 2.05) is 33.1 Å². The summed E-state index contributed by atoms with van der Waals surface area (Å²) < 4.78 is 141. The average Bonchev–Trinajstić information content (AvgIpc) is 0.796. The maximum atomic E-state index is 13.4. The molecule has 0 aliphatic rings. The van der Waals surface area contributed by atoms with Gasteiger partial charge in [0.15, 0.2) is 17.5 Å². The molecule has 4 atom stereocenters. The van der Waals surface area contributed by atoms with Gasteiger partial charge in [-0.1, -0.05) is 59.6 Å². The Morgan fingerprint density at radius 3 is 0.765 bits per heavy atom. The van der Waals surface area contributed by atoms with Crippen LogP contribution >= 0.6 is 108 Å². The molecule has 704 valence electrons. The van der Waals surface area contributed by atoms with Crippen LogP contribution in [0.5, 0.6) is 0 Å². The molecule has 0 aromatic rings. The summed E-state index contributed by atoms with van der Waals surface area (Å²) in [5.41, 5.74) is 0. The molecule has 4 unspecified atom stereocenters. The fourth-order valence-corrected chi connectivity index (χ4v) is 28.6. The van der Waals surface area contributed by atoms with Crippen LogP contribution in [0.15, 0.2) is 0 Å². The monoisotopic (exact) mass is 2270 g/mol. The quantitative estimate of drug-likeness (QED) is 0.0195. The van der Waals surface area contributed by atoms with Gasteiger partial charge in [-0.05, 0) is 312 Å². The van der Waals surface area contributed by atoms with Crippen molar-refractivity contribution >= 4 is 108 Å². The Labute approximate surface area is 836 Å². The number of rotatable bonds is 38. The highest BCUT2D eigenvalue weighted by Gasteiger charge is 2.48. The molecule has 0 fully saturated rings. The van der Waals surface area contributed by atoms with Crippen LogP contribution in [-0.4, -0.2) is 213 Å². The number of hydrogen-bond acceptors (Lipinski definition) is 17. The zero-order valence-corrected chi connectivity index (χ0v) is 92.7. The van der Waals surface area contributed by atoms with E-state index < -0.39 is 76.1 Å². The second-order valence-electron chi connectivity index (χ2n) is 25.5. The molecule has 0 aliphatic heterocycles. The molecule has 132 heavy (non-hydrogen) atoms. The molecular formula is C96H110Br5N3O20P8. The van der Waals surface area contributed by atoms with Gasteiger partial charge in [0.1, 0.15) is 16.7 Å².